The van der Waals surface area contributed by atoms with Crippen molar-refractivity contribution in [1.82, 2.24) is 4.90 Å². The summed E-state index contributed by atoms with van der Waals surface area (Å²) in [6.45, 7) is 6.54. The summed E-state index contributed by atoms with van der Waals surface area (Å²) in [6, 6.07) is 13.5. The molecule has 27 heavy (non-hydrogen) atoms. The highest BCUT2D eigenvalue weighted by Crippen LogP contribution is 2.31. The van der Waals surface area contributed by atoms with Crippen LogP contribution in [0.2, 0.25) is 0 Å². The van der Waals surface area contributed by atoms with E-state index in [1.807, 2.05) is 63.2 Å². The number of benzene rings is 2. The standard InChI is InChI=1S/C22H24N2O3/c1-14-5-9-18(10-6-14)23-20-19(17-8-7-15(2)16(3)13-17)21(25)24(22(20)26)11-12-27-4/h5-10,13,23H,11-12H2,1-4H3. The highest BCUT2D eigenvalue weighted by Gasteiger charge is 2.39. The lowest BCUT2D eigenvalue weighted by atomic mass is 9.99. The van der Waals surface area contributed by atoms with Gasteiger partial charge in [0.1, 0.15) is 5.70 Å². The van der Waals surface area contributed by atoms with Gasteiger partial charge in [-0.25, -0.2) is 0 Å². The van der Waals surface area contributed by atoms with E-state index in [9.17, 15) is 9.59 Å². The van der Waals surface area contributed by atoms with Gasteiger partial charge in [-0.15, -0.1) is 0 Å². The molecule has 1 aliphatic heterocycles. The quantitative estimate of drug-likeness (QED) is 0.798. The number of hydrogen-bond donors (Lipinski definition) is 1. The molecule has 0 unspecified atom stereocenters. The number of hydrogen-bond acceptors (Lipinski definition) is 4. The topological polar surface area (TPSA) is 58.6 Å². The number of aryl methyl sites for hydroxylation is 3. The van der Waals surface area contributed by atoms with Crippen molar-refractivity contribution in [2.75, 3.05) is 25.6 Å². The number of carbonyl (C=O) groups is 2. The van der Waals surface area contributed by atoms with E-state index >= 15 is 0 Å². The van der Waals surface area contributed by atoms with Crippen molar-refractivity contribution in [3.8, 4) is 0 Å². The van der Waals surface area contributed by atoms with Crippen molar-refractivity contribution >= 4 is 23.1 Å². The Bertz CT molecular complexity index is 914. The van der Waals surface area contributed by atoms with Gasteiger partial charge in [-0.2, -0.15) is 0 Å². The van der Waals surface area contributed by atoms with Crippen molar-refractivity contribution in [2.24, 2.45) is 0 Å². The van der Waals surface area contributed by atoms with E-state index in [0.717, 1.165) is 27.9 Å². The van der Waals surface area contributed by atoms with Crippen molar-refractivity contribution in [1.29, 1.82) is 0 Å². The van der Waals surface area contributed by atoms with E-state index in [1.54, 1.807) is 7.11 Å². The second-order valence-electron chi connectivity index (χ2n) is 6.79. The Balaban J connectivity index is 2.05. The third-order valence-electron chi connectivity index (χ3n) is 4.80. The number of ether oxygens (including phenoxy) is 1. The average molecular weight is 364 g/mol. The molecule has 0 saturated carbocycles. The molecule has 3 rings (SSSR count). The molecule has 2 amide bonds. The molecule has 0 saturated heterocycles. The molecule has 2 aromatic carbocycles. The summed E-state index contributed by atoms with van der Waals surface area (Å²) in [5.74, 6) is -0.624. The van der Waals surface area contributed by atoms with E-state index in [-0.39, 0.29) is 18.4 Å². The maximum absolute atomic E-state index is 13.0. The summed E-state index contributed by atoms with van der Waals surface area (Å²) in [7, 11) is 1.55. The SMILES string of the molecule is COCCN1C(=O)C(Nc2ccc(C)cc2)=C(c2ccc(C)c(C)c2)C1=O. The summed E-state index contributed by atoms with van der Waals surface area (Å²) in [4.78, 5) is 27.2. The molecular formula is C22H24N2O3. The predicted octanol–water partition coefficient (Wildman–Crippen LogP) is 3.45. The Morgan fingerprint density at radius 3 is 2.26 bits per heavy atom. The maximum Gasteiger partial charge on any atom is 0.278 e. The molecule has 1 N–H and O–H groups in total. The lowest BCUT2D eigenvalue weighted by Gasteiger charge is -2.14. The predicted molar refractivity (Wildman–Crippen MR) is 106 cm³/mol. The zero-order valence-corrected chi connectivity index (χ0v) is 16.1. The molecule has 0 bridgehead atoms. The van der Waals surface area contributed by atoms with Gasteiger partial charge in [-0.1, -0.05) is 35.9 Å². The van der Waals surface area contributed by atoms with E-state index in [0.29, 0.717) is 17.9 Å². The number of nitrogens with one attached hydrogen (secondary N) is 1. The largest absolute Gasteiger partial charge is 0.383 e. The number of carbonyl (C=O) groups excluding carboxylic acids is 2. The molecule has 5 nitrogen and oxygen atoms in total. The molecule has 0 atom stereocenters. The third kappa shape index (κ3) is 3.78. The first-order valence-electron chi connectivity index (χ1n) is 8.93. The van der Waals surface area contributed by atoms with Gasteiger partial charge in [0.15, 0.2) is 0 Å². The summed E-state index contributed by atoms with van der Waals surface area (Å²) in [5, 5.41) is 3.16. The van der Waals surface area contributed by atoms with Gasteiger partial charge in [0.25, 0.3) is 11.8 Å². The van der Waals surface area contributed by atoms with Crippen molar-refractivity contribution < 1.29 is 14.3 Å². The minimum atomic E-state index is -0.328. The first kappa shape index (κ1) is 18.9. The number of rotatable bonds is 6. The summed E-state index contributed by atoms with van der Waals surface area (Å²) >= 11 is 0. The minimum absolute atomic E-state index is 0.224. The van der Waals surface area contributed by atoms with Crippen molar-refractivity contribution in [3.63, 3.8) is 0 Å². The molecule has 1 heterocycles. The maximum atomic E-state index is 13.0. The molecule has 140 valence electrons. The highest BCUT2D eigenvalue weighted by atomic mass is 16.5. The third-order valence-corrected chi connectivity index (χ3v) is 4.80. The fraction of sp³-hybridized carbons (Fsp3) is 0.273. The van der Waals surface area contributed by atoms with Crippen LogP contribution in [0.15, 0.2) is 48.2 Å². The Labute approximate surface area is 159 Å². The van der Waals surface area contributed by atoms with Crippen LogP contribution in [0.4, 0.5) is 5.69 Å². The van der Waals surface area contributed by atoms with Crippen LogP contribution in [-0.2, 0) is 14.3 Å². The van der Waals surface area contributed by atoms with Crippen LogP contribution < -0.4 is 5.32 Å². The first-order chi connectivity index (χ1) is 12.9. The molecule has 5 heteroatoms. The van der Waals surface area contributed by atoms with Crippen LogP contribution in [0.25, 0.3) is 5.57 Å². The molecule has 0 spiro atoms. The molecular weight excluding hydrogens is 340 g/mol. The van der Waals surface area contributed by atoms with Crippen LogP contribution in [0, 0.1) is 20.8 Å². The molecule has 0 fully saturated rings. The number of anilines is 1. The van der Waals surface area contributed by atoms with E-state index in [2.05, 4.69) is 5.32 Å². The Hall–Kier alpha value is -2.92. The van der Waals surface area contributed by atoms with E-state index < -0.39 is 0 Å². The number of nitrogens with zero attached hydrogens (tertiary/aromatic N) is 1. The van der Waals surface area contributed by atoms with Gasteiger partial charge in [-0.05, 0) is 49.6 Å². The monoisotopic (exact) mass is 364 g/mol. The van der Waals surface area contributed by atoms with Gasteiger partial charge in [-0.3, -0.25) is 14.5 Å². The number of amides is 2. The van der Waals surface area contributed by atoms with Crippen LogP contribution in [0.5, 0.6) is 0 Å². The normalized spacial score (nSPS) is 14.3. The number of imide groups is 1. The highest BCUT2D eigenvalue weighted by molar-refractivity contribution is 6.36. The van der Waals surface area contributed by atoms with Crippen molar-refractivity contribution in [3.05, 3.63) is 70.4 Å². The van der Waals surface area contributed by atoms with Crippen LogP contribution >= 0.6 is 0 Å². The Morgan fingerprint density at radius 2 is 1.63 bits per heavy atom. The lowest BCUT2D eigenvalue weighted by molar-refractivity contribution is -0.137. The summed E-state index contributed by atoms with van der Waals surface area (Å²) < 4.78 is 5.06. The Kier molecular flexibility index (Phi) is 5.42. The van der Waals surface area contributed by atoms with Crippen molar-refractivity contribution in [2.45, 2.75) is 20.8 Å². The summed E-state index contributed by atoms with van der Waals surface area (Å²) in [5.41, 5.74) is 5.56. The van der Waals surface area contributed by atoms with Gasteiger partial charge >= 0.3 is 0 Å². The Morgan fingerprint density at radius 1 is 0.926 bits per heavy atom. The molecule has 0 aliphatic carbocycles. The van der Waals surface area contributed by atoms with Gasteiger partial charge in [0, 0.05) is 12.8 Å². The van der Waals surface area contributed by atoms with Crippen LogP contribution in [0.1, 0.15) is 22.3 Å². The average Bonchev–Trinajstić information content (AvgIpc) is 2.88. The van der Waals surface area contributed by atoms with Crippen LogP contribution in [0.3, 0.4) is 0 Å². The minimum Gasteiger partial charge on any atom is -0.383 e. The zero-order valence-electron chi connectivity index (χ0n) is 16.1. The van der Waals surface area contributed by atoms with E-state index in [4.69, 9.17) is 4.74 Å². The smallest absolute Gasteiger partial charge is 0.278 e. The zero-order chi connectivity index (χ0) is 19.6. The second kappa shape index (κ2) is 7.76. The van der Waals surface area contributed by atoms with E-state index in [1.165, 1.54) is 4.90 Å². The summed E-state index contributed by atoms with van der Waals surface area (Å²) in [6.07, 6.45) is 0. The molecule has 0 aromatic heterocycles. The molecule has 0 radical (unpaired) electrons. The molecule has 1 aliphatic rings. The lowest BCUT2D eigenvalue weighted by Crippen LogP contribution is -2.35. The second-order valence-corrected chi connectivity index (χ2v) is 6.79. The van der Waals surface area contributed by atoms with Crippen LogP contribution in [-0.4, -0.2) is 37.0 Å². The van der Waals surface area contributed by atoms with Gasteiger partial charge in [0.2, 0.25) is 0 Å². The van der Waals surface area contributed by atoms with Gasteiger partial charge in [0.05, 0.1) is 18.7 Å². The molecule has 2 aromatic rings. The fourth-order valence-corrected chi connectivity index (χ4v) is 3.02. The van der Waals surface area contributed by atoms with Gasteiger partial charge < -0.3 is 10.1 Å². The fourth-order valence-electron chi connectivity index (χ4n) is 3.02. The number of methoxy groups -OCH3 is 1. The first-order valence-corrected chi connectivity index (χ1v) is 8.93.